The van der Waals surface area contributed by atoms with E-state index in [4.69, 9.17) is 5.73 Å². The summed E-state index contributed by atoms with van der Waals surface area (Å²) < 4.78 is 0. The number of nitrogens with one attached hydrogen (secondary N) is 2. The molecule has 0 radical (unpaired) electrons. The number of carbonyl (C=O) groups is 4. The Balaban J connectivity index is 2.10. The minimum absolute atomic E-state index is 0.0758. The van der Waals surface area contributed by atoms with Crippen LogP contribution in [-0.2, 0) is 19.2 Å². The van der Waals surface area contributed by atoms with Gasteiger partial charge in [-0.2, -0.15) is 24.4 Å². The van der Waals surface area contributed by atoms with Crippen molar-refractivity contribution in [2.75, 3.05) is 17.8 Å². The molecule has 3 amide bonds. The van der Waals surface area contributed by atoms with Crippen LogP contribution in [0.25, 0.3) is 0 Å². The summed E-state index contributed by atoms with van der Waals surface area (Å²) >= 11 is 5.51. The topological polar surface area (TPSA) is 142 Å². The zero-order chi connectivity index (χ0) is 21.6. The van der Waals surface area contributed by atoms with Gasteiger partial charge < -0.3 is 26.4 Å². The Kier molecular flexibility index (Phi) is 9.09. The van der Waals surface area contributed by atoms with Gasteiger partial charge in [-0.15, -0.1) is 0 Å². The molecule has 2 rings (SSSR count). The van der Waals surface area contributed by atoms with Gasteiger partial charge >= 0.3 is 5.97 Å². The third kappa shape index (κ3) is 6.02. The molecule has 0 aromatic carbocycles. The molecule has 0 saturated carbocycles. The number of hydrogen-bond donors (Lipinski definition) is 5. The highest BCUT2D eigenvalue weighted by atomic mass is 32.2. The number of thiol groups is 1. The van der Waals surface area contributed by atoms with Crippen molar-refractivity contribution in [3.05, 3.63) is 0 Å². The predicted molar refractivity (Wildman–Crippen MR) is 114 cm³/mol. The smallest absolute Gasteiger partial charge is 0.326 e. The van der Waals surface area contributed by atoms with E-state index in [2.05, 4.69) is 23.3 Å². The molecule has 0 aromatic rings. The molecule has 29 heavy (non-hydrogen) atoms. The van der Waals surface area contributed by atoms with Gasteiger partial charge in [0.05, 0.1) is 6.04 Å². The largest absolute Gasteiger partial charge is 0.480 e. The molecule has 5 N–H and O–H groups in total. The third-order valence-corrected chi connectivity index (χ3v) is 6.50. The first-order valence-electron chi connectivity index (χ1n) is 9.81. The van der Waals surface area contributed by atoms with Gasteiger partial charge in [-0.3, -0.25) is 14.4 Å². The van der Waals surface area contributed by atoms with Crippen molar-refractivity contribution in [1.82, 2.24) is 15.5 Å². The van der Waals surface area contributed by atoms with E-state index in [1.807, 2.05) is 6.26 Å². The number of carboxylic acid groups (broad SMARTS) is 1. The van der Waals surface area contributed by atoms with Gasteiger partial charge in [-0.05, 0) is 50.5 Å². The van der Waals surface area contributed by atoms with Gasteiger partial charge in [0, 0.05) is 11.8 Å². The minimum atomic E-state index is -1.09. The first-order valence-corrected chi connectivity index (χ1v) is 11.8. The standard InChI is InChI=1S/C18H30N4O5S2/c1-29-8-7-13(18(26)27)21-16(24)14-6-5-10-3-2-4-12(17(25)22(10)14)20-15(23)11(19)9-28/h10-14,28H,2-9,19H2,1H3,(H,20,23)(H,21,24)(H,26,27)/t10-,11+,12-,13-,14-/m0/s1. The monoisotopic (exact) mass is 446 g/mol. The summed E-state index contributed by atoms with van der Waals surface area (Å²) in [6.07, 6.45) is 5.32. The van der Waals surface area contributed by atoms with Crippen LogP contribution in [0.1, 0.15) is 38.5 Å². The second-order valence-corrected chi connectivity index (χ2v) is 8.81. The lowest BCUT2D eigenvalue weighted by atomic mass is 10.1. The summed E-state index contributed by atoms with van der Waals surface area (Å²) in [5.74, 6) is -1.52. The quantitative estimate of drug-likeness (QED) is 0.303. The van der Waals surface area contributed by atoms with Crippen molar-refractivity contribution < 1.29 is 24.3 Å². The first kappa shape index (κ1) is 23.8. The Bertz CT molecular complexity index is 635. The van der Waals surface area contributed by atoms with Crippen molar-refractivity contribution in [2.24, 2.45) is 5.73 Å². The number of nitrogens with two attached hydrogens (primary N) is 1. The number of amides is 3. The van der Waals surface area contributed by atoms with E-state index in [9.17, 15) is 24.3 Å². The molecular weight excluding hydrogens is 416 g/mol. The molecule has 2 aliphatic heterocycles. The van der Waals surface area contributed by atoms with E-state index in [1.54, 1.807) is 4.90 Å². The lowest BCUT2D eigenvalue weighted by Crippen LogP contribution is -2.57. The minimum Gasteiger partial charge on any atom is -0.480 e. The molecule has 0 aliphatic carbocycles. The normalized spacial score (nSPS) is 26.2. The zero-order valence-corrected chi connectivity index (χ0v) is 18.2. The van der Waals surface area contributed by atoms with Crippen LogP contribution < -0.4 is 16.4 Å². The lowest BCUT2D eigenvalue weighted by molar-refractivity contribution is -0.145. The Morgan fingerprint density at radius 1 is 1.31 bits per heavy atom. The number of hydrogen-bond acceptors (Lipinski definition) is 7. The molecule has 0 bridgehead atoms. The maximum atomic E-state index is 13.1. The average Bonchev–Trinajstić information content (AvgIpc) is 3.06. The van der Waals surface area contributed by atoms with E-state index in [0.29, 0.717) is 31.4 Å². The molecular formula is C18H30N4O5S2. The number of rotatable bonds is 9. The van der Waals surface area contributed by atoms with Gasteiger partial charge in [-0.25, -0.2) is 4.79 Å². The zero-order valence-electron chi connectivity index (χ0n) is 16.5. The van der Waals surface area contributed by atoms with E-state index < -0.39 is 42.0 Å². The third-order valence-electron chi connectivity index (χ3n) is 5.46. The first-order chi connectivity index (χ1) is 13.8. The summed E-state index contributed by atoms with van der Waals surface area (Å²) in [6, 6.07) is -3.33. The molecule has 0 unspecified atom stereocenters. The highest BCUT2D eigenvalue weighted by molar-refractivity contribution is 7.98. The van der Waals surface area contributed by atoms with Crippen molar-refractivity contribution in [3.8, 4) is 0 Å². The number of fused-ring (bicyclic) bond motifs is 1. The highest BCUT2D eigenvalue weighted by Gasteiger charge is 2.45. The van der Waals surface area contributed by atoms with Gasteiger partial charge in [0.2, 0.25) is 17.7 Å². The summed E-state index contributed by atoms with van der Waals surface area (Å²) in [6.45, 7) is 0. The van der Waals surface area contributed by atoms with Crippen LogP contribution in [0.4, 0.5) is 0 Å². The number of aliphatic carboxylic acids is 1. The van der Waals surface area contributed by atoms with Gasteiger partial charge in [0.25, 0.3) is 0 Å². The molecule has 164 valence electrons. The van der Waals surface area contributed by atoms with E-state index >= 15 is 0 Å². The Hall–Kier alpha value is -1.46. The van der Waals surface area contributed by atoms with Crippen molar-refractivity contribution in [2.45, 2.75) is 68.7 Å². The van der Waals surface area contributed by atoms with E-state index in [0.717, 1.165) is 12.8 Å². The Morgan fingerprint density at radius 2 is 2.03 bits per heavy atom. The molecule has 5 atom stereocenters. The van der Waals surface area contributed by atoms with Crippen LogP contribution in [0.5, 0.6) is 0 Å². The molecule has 2 saturated heterocycles. The Morgan fingerprint density at radius 3 is 2.66 bits per heavy atom. The summed E-state index contributed by atoms with van der Waals surface area (Å²) in [7, 11) is 0. The SMILES string of the molecule is CSCC[C@H](NC(=O)[C@@H]1CC[C@@H]2CCC[C@H](NC(=O)[C@H](N)CS)C(=O)N21)C(=O)O. The summed E-state index contributed by atoms with van der Waals surface area (Å²) in [4.78, 5) is 51.1. The highest BCUT2D eigenvalue weighted by Crippen LogP contribution is 2.32. The number of carbonyl (C=O) groups excluding carboxylic acids is 3. The number of thioether (sulfide) groups is 1. The molecule has 9 nitrogen and oxygen atoms in total. The van der Waals surface area contributed by atoms with Crippen LogP contribution in [0.15, 0.2) is 0 Å². The fourth-order valence-electron chi connectivity index (χ4n) is 3.87. The summed E-state index contributed by atoms with van der Waals surface area (Å²) in [5.41, 5.74) is 5.69. The molecule has 2 heterocycles. The van der Waals surface area contributed by atoms with Crippen LogP contribution in [-0.4, -0.2) is 81.7 Å². The maximum absolute atomic E-state index is 13.1. The van der Waals surface area contributed by atoms with Crippen LogP contribution in [0.3, 0.4) is 0 Å². The molecule has 0 spiro atoms. The fraction of sp³-hybridized carbons (Fsp3) is 0.778. The molecule has 11 heteroatoms. The van der Waals surface area contributed by atoms with Crippen LogP contribution >= 0.6 is 24.4 Å². The predicted octanol–water partition coefficient (Wildman–Crippen LogP) is -0.406. The molecule has 2 fully saturated rings. The van der Waals surface area contributed by atoms with Crippen molar-refractivity contribution in [3.63, 3.8) is 0 Å². The molecule has 2 aliphatic rings. The van der Waals surface area contributed by atoms with Crippen molar-refractivity contribution in [1.29, 1.82) is 0 Å². The average molecular weight is 447 g/mol. The lowest BCUT2D eigenvalue weighted by Gasteiger charge is -2.31. The second kappa shape index (κ2) is 11.1. The Labute approximate surface area is 180 Å². The van der Waals surface area contributed by atoms with Crippen molar-refractivity contribution >= 4 is 48.1 Å². The van der Waals surface area contributed by atoms with E-state index in [-0.39, 0.29) is 17.7 Å². The van der Waals surface area contributed by atoms with Crippen LogP contribution in [0, 0.1) is 0 Å². The van der Waals surface area contributed by atoms with Gasteiger partial charge in [0.1, 0.15) is 18.1 Å². The van der Waals surface area contributed by atoms with Gasteiger partial charge in [-0.1, -0.05) is 0 Å². The van der Waals surface area contributed by atoms with Gasteiger partial charge in [0.15, 0.2) is 0 Å². The van der Waals surface area contributed by atoms with Crippen LogP contribution in [0.2, 0.25) is 0 Å². The fourth-order valence-corrected chi connectivity index (χ4v) is 4.51. The maximum Gasteiger partial charge on any atom is 0.326 e. The summed E-state index contributed by atoms with van der Waals surface area (Å²) in [5, 5.41) is 14.6. The molecule has 0 aromatic heterocycles. The number of carboxylic acids is 1. The van der Waals surface area contributed by atoms with E-state index in [1.165, 1.54) is 11.8 Å². The second-order valence-electron chi connectivity index (χ2n) is 7.45. The number of nitrogens with zero attached hydrogens (tertiary/aromatic N) is 1.